The van der Waals surface area contributed by atoms with Crippen LogP contribution in [-0.4, -0.2) is 16.8 Å². The van der Waals surface area contributed by atoms with Crippen LogP contribution in [0.1, 0.15) is 39.0 Å². The second-order valence-electron chi connectivity index (χ2n) is 2.45. The quantitative estimate of drug-likeness (QED) is 0.459. The third-order valence-electron chi connectivity index (χ3n) is 1.48. The fourth-order valence-electron chi connectivity index (χ4n) is 0.872. The van der Waals surface area contributed by atoms with E-state index >= 15 is 0 Å². The van der Waals surface area contributed by atoms with Crippen molar-refractivity contribution in [2.45, 2.75) is 39.0 Å². The summed E-state index contributed by atoms with van der Waals surface area (Å²) >= 11 is 1.62. The molecular formula is C8H18OS. The van der Waals surface area contributed by atoms with E-state index in [0.717, 1.165) is 5.75 Å². The normalized spacial score (nSPS) is 10.2. The fraction of sp³-hybridized carbons (Fsp3) is 1.00. The molecule has 0 spiro atoms. The summed E-state index contributed by atoms with van der Waals surface area (Å²) in [5.41, 5.74) is 0. The molecule has 1 N–H and O–H groups in total. The van der Waals surface area contributed by atoms with Crippen LogP contribution in [-0.2, 0) is 0 Å². The first-order valence-corrected chi connectivity index (χ1v) is 5.26. The Hall–Kier alpha value is 0.310. The van der Waals surface area contributed by atoms with Gasteiger partial charge in [-0.2, -0.15) is 0 Å². The van der Waals surface area contributed by atoms with Crippen LogP contribution in [0.25, 0.3) is 0 Å². The molecule has 0 aliphatic carbocycles. The molecule has 0 aliphatic rings. The van der Waals surface area contributed by atoms with Crippen LogP contribution >= 0.6 is 11.8 Å². The largest absolute Gasteiger partial charge is 0.386 e. The summed E-state index contributed by atoms with van der Waals surface area (Å²) in [5, 5.41) is 8.43. The van der Waals surface area contributed by atoms with E-state index in [-0.39, 0.29) is 5.94 Å². The number of hydrogen-bond donors (Lipinski definition) is 1. The summed E-state index contributed by atoms with van der Waals surface area (Å²) in [6.45, 7) is 2.22. The van der Waals surface area contributed by atoms with Gasteiger partial charge in [-0.25, -0.2) is 0 Å². The summed E-state index contributed by atoms with van der Waals surface area (Å²) in [4.78, 5) is 0. The molecule has 0 rings (SSSR count). The lowest BCUT2D eigenvalue weighted by molar-refractivity contribution is 0.375. The molecule has 0 amide bonds. The molecule has 0 aromatic rings. The predicted molar refractivity (Wildman–Crippen MR) is 48.3 cm³/mol. The lowest BCUT2D eigenvalue weighted by Gasteiger charge is -1.97. The van der Waals surface area contributed by atoms with Crippen LogP contribution in [0.5, 0.6) is 0 Å². The van der Waals surface area contributed by atoms with E-state index in [2.05, 4.69) is 6.92 Å². The van der Waals surface area contributed by atoms with E-state index in [1.165, 1.54) is 32.1 Å². The van der Waals surface area contributed by atoms with Gasteiger partial charge in [0.1, 0.15) is 0 Å². The SMILES string of the molecule is CCCCCCCSCO. The number of aliphatic hydroxyl groups is 1. The third kappa shape index (κ3) is 8.31. The Morgan fingerprint density at radius 3 is 2.40 bits per heavy atom. The summed E-state index contributed by atoms with van der Waals surface area (Å²) in [5.74, 6) is 1.41. The minimum atomic E-state index is 0.285. The van der Waals surface area contributed by atoms with Gasteiger partial charge >= 0.3 is 0 Å². The predicted octanol–water partition coefficient (Wildman–Crippen LogP) is 2.64. The van der Waals surface area contributed by atoms with Crippen molar-refractivity contribution in [3.8, 4) is 0 Å². The van der Waals surface area contributed by atoms with Crippen LogP contribution in [0, 0.1) is 0 Å². The highest BCUT2D eigenvalue weighted by Gasteiger charge is 1.88. The molecule has 0 unspecified atom stereocenters. The van der Waals surface area contributed by atoms with Gasteiger partial charge in [-0.3, -0.25) is 0 Å². The van der Waals surface area contributed by atoms with Crippen LogP contribution in [0.15, 0.2) is 0 Å². The molecule has 0 saturated carbocycles. The average Bonchev–Trinajstić information content (AvgIpc) is 1.97. The highest BCUT2D eigenvalue weighted by atomic mass is 32.2. The van der Waals surface area contributed by atoms with E-state index < -0.39 is 0 Å². The second kappa shape index (κ2) is 9.31. The van der Waals surface area contributed by atoms with Gasteiger partial charge in [-0.15, -0.1) is 11.8 Å². The molecule has 1 nitrogen and oxygen atoms in total. The van der Waals surface area contributed by atoms with Crippen LogP contribution in [0.3, 0.4) is 0 Å². The maximum atomic E-state index is 8.43. The minimum absolute atomic E-state index is 0.285. The number of hydrogen-bond acceptors (Lipinski definition) is 2. The van der Waals surface area contributed by atoms with Crippen molar-refractivity contribution in [2.75, 3.05) is 11.7 Å². The molecule has 0 aromatic heterocycles. The van der Waals surface area contributed by atoms with Crippen molar-refractivity contribution in [1.29, 1.82) is 0 Å². The molecule has 0 saturated heterocycles. The van der Waals surface area contributed by atoms with Gasteiger partial charge in [0.05, 0.1) is 5.94 Å². The standard InChI is InChI=1S/C8H18OS/c1-2-3-4-5-6-7-10-8-9/h9H,2-8H2,1H3. The molecule has 0 atom stereocenters. The number of rotatable bonds is 7. The Labute approximate surface area is 68.2 Å². The Morgan fingerprint density at radius 2 is 1.80 bits per heavy atom. The third-order valence-corrected chi connectivity index (χ3v) is 2.24. The number of unbranched alkanes of at least 4 members (excludes halogenated alkanes) is 4. The van der Waals surface area contributed by atoms with Crippen LogP contribution < -0.4 is 0 Å². The van der Waals surface area contributed by atoms with E-state index in [4.69, 9.17) is 5.11 Å². The van der Waals surface area contributed by atoms with Gasteiger partial charge < -0.3 is 5.11 Å². The minimum Gasteiger partial charge on any atom is -0.386 e. The van der Waals surface area contributed by atoms with E-state index in [1.807, 2.05) is 0 Å². The van der Waals surface area contributed by atoms with Gasteiger partial charge in [0.25, 0.3) is 0 Å². The number of thioether (sulfide) groups is 1. The lowest BCUT2D eigenvalue weighted by Crippen LogP contribution is -1.82. The fourth-order valence-corrected chi connectivity index (χ4v) is 1.41. The molecule has 2 heteroatoms. The molecule has 62 valence electrons. The highest BCUT2D eigenvalue weighted by Crippen LogP contribution is 2.06. The Morgan fingerprint density at radius 1 is 1.10 bits per heavy atom. The van der Waals surface area contributed by atoms with E-state index in [9.17, 15) is 0 Å². The van der Waals surface area contributed by atoms with Crippen molar-refractivity contribution in [1.82, 2.24) is 0 Å². The van der Waals surface area contributed by atoms with Gasteiger partial charge in [-0.1, -0.05) is 32.6 Å². The summed E-state index contributed by atoms with van der Waals surface area (Å²) in [6, 6.07) is 0. The maximum absolute atomic E-state index is 8.43. The zero-order valence-electron chi connectivity index (χ0n) is 6.81. The van der Waals surface area contributed by atoms with Crippen LogP contribution in [0.2, 0.25) is 0 Å². The number of aliphatic hydroxyl groups excluding tert-OH is 1. The van der Waals surface area contributed by atoms with Gasteiger partial charge in [0.15, 0.2) is 0 Å². The molecular weight excluding hydrogens is 144 g/mol. The van der Waals surface area contributed by atoms with Crippen LogP contribution in [0.4, 0.5) is 0 Å². The topological polar surface area (TPSA) is 20.2 Å². The molecule has 0 aromatic carbocycles. The Balaban J connectivity index is 2.65. The first kappa shape index (κ1) is 10.3. The molecule has 0 bridgehead atoms. The first-order valence-electron chi connectivity index (χ1n) is 4.10. The summed E-state index contributed by atoms with van der Waals surface area (Å²) < 4.78 is 0. The van der Waals surface area contributed by atoms with Gasteiger partial charge in [0.2, 0.25) is 0 Å². The highest BCUT2D eigenvalue weighted by molar-refractivity contribution is 7.99. The van der Waals surface area contributed by atoms with E-state index in [0.29, 0.717) is 0 Å². The molecule has 0 radical (unpaired) electrons. The Bertz CT molecular complexity index is 49.2. The molecule has 0 fully saturated rings. The monoisotopic (exact) mass is 162 g/mol. The van der Waals surface area contributed by atoms with Crippen molar-refractivity contribution in [3.63, 3.8) is 0 Å². The maximum Gasteiger partial charge on any atom is 0.0885 e. The van der Waals surface area contributed by atoms with Gasteiger partial charge in [0, 0.05) is 0 Å². The van der Waals surface area contributed by atoms with Crippen molar-refractivity contribution < 1.29 is 5.11 Å². The van der Waals surface area contributed by atoms with Crippen molar-refractivity contribution in [3.05, 3.63) is 0 Å². The molecule has 0 aliphatic heterocycles. The summed E-state index contributed by atoms with van der Waals surface area (Å²) in [6.07, 6.45) is 6.64. The van der Waals surface area contributed by atoms with Gasteiger partial charge in [-0.05, 0) is 12.2 Å². The zero-order chi connectivity index (χ0) is 7.66. The van der Waals surface area contributed by atoms with Crippen molar-refractivity contribution in [2.24, 2.45) is 0 Å². The zero-order valence-corrected chi connectivity index (χ0v) is 7.62. The average molecular weight is 162 g/mol. The molecule has 0 heterocycles. The Kier molecular flexibility index (Phi) is 9.60. The molecule has 10 heavy (non-hydrogen) atoms. The van der Waals surface area contributed by atoms with Crippen molar-refractivity contribution >= 4 is 11.8 Å². The smallest absolute Gasteiger partial charge is 0.0885 e. The first-order chi connectivity index (χ1) is 4.91. The summed E-state index contributed by atoms with van der Waals surface area (Å²) in [7, 11) is 0. The second-order valence-corrected chi connectivity index (χ2v) is 3.53. The van der Waals surface area contributed by atoms with E-state index in [1.54, 1.807) is 11.8 Å². The lowest BCUT2D eigenvalue weighted by atomic mass is 10.2.